The van der Waals surface area contributed by atoms with Crippen LogP contribution < -0.4 is 4.90 Å². The molecule has 1 aliphatic heterocycles. The second kappa shape index (κ2) is 5.41. The zero-order valence-electron chi connectivity index (χ0n) is 10.9. The van der Waals surface area contributed by atoms with Gasteiger partial charge in [-0.25, -0.2) is 9.78 Å². The summed E-state index contributed by atoms with van der Waals surface area (Å²) in [5.74, 6) is -0.867. The van der Waals surface area contributed by atoms with Crippen LogP contribution in [0.1, 0.15) is 23.7 Å². The molecule has 0 saturated carbocycles. The SMILES string of the molecule is CC1CCN(c2cc(C(=O)O)c([N+](=O)[O-])cn2)CC1O. The minimum Gasteiger partial charge on any atom is -0.477 e. The Labute approximate surface area is 114 Å². The topological polar surface area (TPSA) is 117 Å². The summed E-state index contributed by atoms with van der Waals surface area (Å²) in [6, 6.07) is 1.18. The highest BCUT2D eigenvalue weighted by Crippen LogP contribution is 2.26. The molecule has 0 aromatic carbocycles. The lowest BCUT2D eigenvalue weighted by Gasteiger charge is -2.35. The largest absolute Gasteiger partial charge is 0.477 e. The van der Waals surface area contributed by atoms with Gasteiger partial charge in [-0.3, -0.25) is 10.1 Å². The Morgan fingerprint density at radius 2 is 2.30 bits per heavy atom. The van der Waals surface area contributed by atoms with E-state index in [2.05, 4.69) is 4.98 Å². The van der Waals surface area contributed by atoms with Crippen LogP contribution in [0.15, 0.2) is 12.3 Å². The molecule has 1 aromatic rings. The van der Waals surface area contributed by atoms with Crippen molar-refractivity contribution in [2.75, 3.05) is 18.0 Å². The van der Waals surface area contributed by atoms with Crippen molar-refractivity contribution in [2.45, 2.75) is 19.4 Å². The zero-order chi connectivity index (χ0) is 14.9. The maximum absolute atomic E-state index is 11.1. The molecule has 2 unspecified atom stereocenters. The minimum atomic E-state index is -1.37. The fourth-order valence-electron chi connectivity index (χ4n) is 2.18. The van der Waals surface area contributed by atoms with E-state index in [-0.39, 0.29) is 5.92 Å². The Kier molecular flexibility index (Phi) is 3.84. The average Bonchev–Trinajstić information content (AvgIpc) is 2.41. The predicted molar refractivity (Wildman–Crippen MR) is 69.9 cm³/mol. The number of aromatic carboxylic acids is 1. The Bertz CT molecular complexity index is 548. The lowest BCUT2D eigenvalue weighted by atomic mass is 9.96. The molecule has 20 heavy (non-hydrogen) atoms. The van der Waals surface area contributed by atoms with Crippen LogP contribution in [0.2, 0.25) is 0 Å². The first-order chi connectivity index (χ1) is 9.40. The van der Waals surface area contributed by atoms with Gasteiger partial charge in [0, 0.05) is 19.2 Å². The van der Waals surface area contributed by atoms with E-state index in [0.29, 0.717) is 18.9 Å². The van der Waals surface area contributed by atoms with Crippen molar-refractivity contribution in [3.63, 3.8) is 0 Å². The number of carboxylic acid groups (broad SMARTS) is 1. The van der Waals surface area contributed by atoms with Crippen LogP contribution in [0.25, 0.3) is 0 Å². The van der Waals surface area contributed by atoms with Gasteiger partial charge in [-0.2, -0.15) is 0 Å². The van der Waals surface area contributed by atoms with Crippen molar-refractivity contribution in [1.29, 1.82) is 0 Å². The van der Waals surface area contributed by atoms with Crippen LogP contribution in [-0.2, 0) is 0 Å². The second-order valence-corrected chi connectivity index (χ2v) is 4.90. The number of rotatable bonds is 3. The Morgan fingerprint density at radius 3 is 2.85 bits per heavy atom. The first-order valence-electron chi connectivity index (χ1n) is 6.21. The molecule has 8 nitrogen and oxygen atoms in total. The standard InChI is InChI=1S/C12H15N3O5/c1-7-2-3-14(6-10(7)16)11-4-8(12(17)18)9(5-13-11)15(19)20/h4-5,7,10,16H,2-3,6H2,1H3,(H,17,18). The lowest BCUT2D eigenvalue weighted by molar-refractivity contribution is -0.385. The summed E-state index contributed by atoms with van der Waals surface area (Å²) < 4.78 is 0. The summed E-state index contributed by atoms with van der Waals surface area (Å²) in [4.78, 5) is 26.7. The van der Waals surface area contributed by atoms with Crippen molar-refractivity contribution < 1.29 is 19.9 Å². The van der Waals surface area contributed by atoms with E-state index in [0.717, 1.165) is 12.6 Å². The molecular weight excluding hydrogens is 266 g/mol. The normalized spacial score (nSPS) is 22.6. The predicted octanol–water partition coefficient (Wildman–Crippen LogP) is 0.895. The van der Waals surface area contributed by atoms with E-state index in [4.69, 9.17) is 5.11 Å². The third kappa shape index (κ3) is 2.69. The number of hydrogen-bond acceptors (Lipinski definition) is 6. The highest BCUT2D eigenvalue weighted by molar-refractivity contribution is 5.93. The molecule has 0 radical (unpaired) electrons. The van der Waals surface area contributed by atoms with Gasteiger partial charge >= 0.3 is 11.7 Å². The van der Waals surface area contributed by atoms with Crippen LogP contribution in [0.3, 0.4) is 0 Å². The van der Waals surface area contributed by atoms with Crippen molar-refractivity contribution in [1.82, 2.24) is 4.98 Å². The molecule has 8 heteroatoms. The van der Waals surface area contributed by atoms with Crippen molar-refractivity contribution in [2.24, 2.45) is 5.92 Å². The summed E-state index contributed by atoms with van der Waals surface area (Å²) in [5, 5.41) is 29.6. The summed E-state index contributed by atoms with van der Waals surface area (Å²) in [6.45, 7) is 2.90. The van der Waals surface area contributed by atoms with E-state index < -0.39 is 28.2 Å². The number of piperidine rings is 1. The number of nitrogens with zero attached hydrogens (tertiary/aromatic N) is 3. The number of aliphatic hydroxyl groups excluding tert-OH is 1. The quantitative estimate of drug-likeness (QED) is 0.624. The summed E-state index contributed by atoms with van der Waals surface area (Å²) >= 11 is 0. The third-order valence-electron chi connectivity index (χ3n) is 3.54. The van der Waals surface area contributed by atoms with E-state index in [1.54, 1.807) is 4.90 Å². The van der Waals surface area contributed by atoms with Crippen molar-refractivity contribution >= 4 is 17.5 Å². The molecular formula is C12H15N3O5. The summed E-state index contributed by atoms with van der Waals surface area (Å²) in [6.07, 6.45) is 1.18. The summed E-state index contributed by atoms with van der Waals surface area (Å²) in [7, 11) is 0. The fourth-order valence-corrected chi connectivity index (χ4v) is 2.18. The van der Waals surface area contributed by atoms with Gasteiger partial charge in [0.1, 0.15) is 17.6 Å². The fraction of sp³-hybridized carbons (Fsp3) is 0.500. The summed E-state index contributed by atoms with van der Waals surface area (Å²) in [5.41, 5.74) is -0.930. The van der Waals surface area contributed by atoms with E-state index in [9.17, 15) is 20.0 Å². The molecule has 2 heterocycles. The monoisotopic (exact) mass is 281 g/mol. The zero-order valence-corrected chi connectivity index (χ0v) is 10.9. The molecule has 0 aliphatic carbocycles. The lowest BCUT2D eigenvalue weighted by Crippen LogP contribution is -2.43. The molecule has 0 amide bonds. The third-order valence-corrected chi connectivity index (χ3v) is 3.54. The maximum Gasteiger partial charge on any atom is 0.342 e. The first-order valence-corrected chi connectivity index (χ1v) is 6.21. The van der Waals surface area contributed by atoms with Gasteiger partial charge in [0.05, 0.1) is 11.0 Å². The van der Waals surface area contributed by atoms with Crippen LogP contribution in [-0.4, -0.2) is 45.3 Å². The molecule has 1 fully saturated rings. The molecule has 2 atom stereocenters. The van der Waals surface area contributed by atoms with E-state index >= 15 is 0 Å². The molecule has 1 saturated heterocycles. The highest BCUT2D eigenvalue weighted by Gasteiger charge is 2.27. The molecule has 2 N–H and O–H groups in total. The number of carboxylic acids is 1. The Hall–Kier alpha value is -2.22. The smallest absolute Gasteiger partial charge is 0.342 e. The van der Waals surface area contributed by atoms with Crippen LogP contribution >= 0.6 is 0 Å². The second-order valence-electron chi connectivity index (χ2n) is 4.90. The van der Waals surface area contributed by atoms with Crippen molar-refractivity contribution in [3.8, 4) is 0 Å². The number of carbonyl (C=O) groups is 1. The van der Waals surface area contributed by atoms with Gasteiger partial charge in [-0.05, 0) is 12.3 Å². The number of pyridine rings is 1. The molecule has 1 aromatic heterocycles. The van der Waals surface area contributed by atoms with Gasteiger partial charge in [-0.15, -0.1) is 0 Å². The van der Waals surface area contributed by atoms with Gasteiger partial charge < -0.3 is 15.1 Å². The average molecular weight is 281 g/mol. The highest BCUT2D eigenvalue weighted by atomic mass is 16.6. The molecule has 2 rings (SSSR count). The Balaban J connectivity index is 2.32. The van der Waals surface area contributed by atoms with Gasteiger partial charge in [0.15, 0.2) is 0 Å². The van der Waals surface area contributed by atoms with Crippen molar-refractivity contribution in [3.05, 3.63) is 27.9 Å². The first kappa shape index (κ1) is 14.2. The van der Waals surface area contributed by atoms with Crippen LogP contribution in [0.4, 0.5) is 11.5 Å². The van der Waals surface area contributed by atoms with E-state index in [1.807, 2.05) is 6.92 Å². The van der Waals surface area contributed by atoms with Gasteiger partial charge in [0.25, 0.3) is 0 Å². The van der Waals surface area contributed by atoms with Gasteiger partial charge in [0.2, 0.25) is 0 Å². The number of nitro groups is 1. The van der Waals surface area contributed by atoms with Crippen LogP contribution in [0.5, 0.6) is 0 Å². The van der Waals surface area contributed by atoms with Gasteiger partial charge in [-0.1, -0.05) is 6.92 Å². The number of aliphatic hydroxyl groups is 1. The number of β-amino-alcohol motifs (C(OH)–C–C–N with tert-alkyl or cyclic N) is 1. The van der Waals surface area contributed by atoms with Crippen LogP contribution in [0, 0.1) is 16.0 Å². The minimum absolute atomic E-state index is 0.170. The molecule has 0 bridgehead atoms. The molecule has 1 aliphatic rings. The number of anilines is 1. The molecule has 108 valence electrons. The Morgan fingerprint density at radius 1 is 1.60 bits per heavy atom. The molecule has 0 spiro atoms. The number of aromatic nitrogens is 1. The maximum atomic E-state index is 11.1. The van der Waals surface area contributed by atoms with E-state index in [1.165, 1.54) is 6.07 Å². The number of hydrogen-bond donors (Lipinski definition) is 2.